The fourth-order valence-corrected chi connectivity index (χ4v) is 2.94. The molecule has 5 nitrogen and oxygen atoms in total. The molecule has 0 saturated heterocycles. The molecule has 21 heavy (non-hydrogen) atoms. The van der Waals surface area contributed by atoms with Gasteiger partial charge in [0.25, 0.3) is 0 Å². The number of thiophene rings is 1. The average Bonchev–Trinajstić information content (AvgIpc) is 2.89. The minimum atomic E-state index is -0.971. The molecule has 2 rings (SSSR count). The molecule has 1 N–H and O–H groups in total. The van der Waals surface area contributed by atoms with Crippen molar-refractivity contribution in [2.24, 2.45) is 0 Å². The summed E-state index contributed by atoms with van der Waals surface area (Å²) in [5.41, 5.74) is 1.60. The molecule has 0 unspecified atom stereocenters. The van der Waals surface area contributed by atoms with Crippen molar-refractivity contribution in [3.8, 4) is 10.4 Å². The number of carbonyl (C=O) groups is 2. The summed E-state index contributed by atoms with van der Waals surface area (Å²) in [4.78, 5) is 23.6. The van der Waals surface area contributed by atoms with Crippen molar-refractivity contribution in [1.82, 2.24) is 10.0 Å². The van der Waals surface area contributed by atoms with Gasteiger partial charge in [-0.15, -0.1) is 11.3 Å². The van der Waals surface area contributed by atoms with E-state index in [1.54, 1.807) is 19.1 Å². The Morgan fingerprint density at radius 3 is 2.48 bits per heavy atom. The molecule has 1 aromatic heterocycles. The summed E-state index contributed by atoms with van der Waals surface area (Å²) in [6, 6.07) is 11.4. The highest BCUT2D eigenvalue weighted by atomic mass is 32.1. The Kier molecular flexibility index (Phi) is 4.72. The van der Waals surface area contributed by atoms with Crippen molar-refractivity contribution in [2.45, 2.75) is 6.54 Å². The van der Waals surface area contributed by atoms with Crippen molar-refractivity contribution in [1.29, 1.82) is 0 Å². The maximum Gasteiger partial charge on any atom is 0.346 e. The number of nitrogens with zero attached hydrogens (tertiary/aromatic N) is 2. The van der Waals surface area contributed by atoms with E-state index >= 15 is 0 Å². The Labute approximate surface area is 127 Å². The normalized spacial score (nSPS) is 10.6. The van der Waals surface area contributed by atoms with Crippen LogP contribution in [0.4, 0.5) is 0 Å². The number of amides is 1. The Morgan fingerprint density at radius 2 is 1.95 bits per heavy atom. The van der Waals surface area contributed by atoms with Gasteiger partial charge in [-0.1, -0.05) is 30.3 Å². The lowest BCUT2D eigenvalue weighted by atomic mass is 10.1. The van der Waals surface area contributed by atoms with E-state index in [4.69, 9.17) is 0 Å². The SMILES string of the molecule is CN(C)N(C=O)Cc1cc(-c2ccccc2)sc1C(=O)O. The molecular weight excluding hydrogens is 288 g/mol. The van der Waals surface area contributed by atoms with E-state index in [0.717, 1.165) is 10.4 Å². The number of hydrogen-bond donors (Lipinski definition) is 1. The molecule has 0 aliphatic carbocycles. The van der Waals surface area contributed by atoms with Crippen molar-refractivity contribution in [3.63, 3.8) is 0 Å². The fourth-order valence-electron chi connectivity index (χ4n) is 1.92. The second-order valence-electron chi connectivity index (χ2n) is 4.69. The zero-order valence-electron chi connectivity index (χ0n) is 11.8. The first-order valence-electron chi connectivity index (χ1n) is 6.33. The molecule has 0 atom stereocenters. The highest BCUT2D eigenvalue weighted by molar-refractivity contribution is 7.17. The van der Waals surface area contributed by atoms with Gasteiger partial charge < -0.3 is 5.11 Å². The van der Waals surface area contributed by atoms with E-state index in [1.165, 1.54) is 16.3 Å². The third kappa shape index (κ3) is 3.48. The number of rotatable bonds is 6. The molecule has 0 aliphatic rings. The number of hydrazine groups is 1. The van der Waals surface area contributed by atoms with Crippen molar-refractivity contribution in [2.75, 3.05) is 14.1 Å². The predicted molar refractivity (Wildman–Crippen MR) is 82.0 cm³/mol. The van der Waals surface area contributed by atoms with Gasteiger partial charge in [0.15, 0.2) is 0 Å². The second-order valence-corrected chi connectivity index (χ2v) is 5.74. The number of aromatic carboxylic acids is 1. The van der Waals surface area contributed by atoms with Crippen LogP contribution in [0, 0.1) is 0 Å². The van der Waals surface area contributed by atoms with Crippen LogP contribution in [0.2, 0.25) is 0 Å². The zero-order valence-corrected chi connectivity index (χ0v) is 12.6. The van der Waals surface area contributed by atoms with Crippen LogP contribution in [0.15, 0.2) is 36.4 Å². The highest BCUT2D eigenvalue weighted by Crippen LogP contribution is 2.32. The van der Waals surface area contributed by atoms with Crippen molar-refractivity contribution >= 4 is 23.7 Å². The molecule has 110 valence electrons. The fraction of sp³-hybridized carbons (Fsp3) is 0.200. The Balaban J connectivity index is 2.38. The minimum absolute atomic E-state index is 0.238. The maximum absolute atomic E-state index is 11.4. The molecule has 1 amide bonds. The molecule has 0 spiro atoms. The average molecular weight is 304 g/mol. The number of carboxylic acids is 1. The van der Waals surface area contributed by atoms with E-state index in [2.05, 4.69) is 0 Å². The monoisotopic (exact) mass is 304 g/mol. The smallest absolute Gasteiger partial charge is 0.346 e. The van der Waals surface area contributed by atoms with Crippen molar-refractivity contribution < 1.29 is 14.7 Å². The number of carbonyl (C=O) groups excluding carboxylic acids is 1. The third-order valence-electron chi connectivity index (χ3n) is 3.03. The van der Waals surface area contributed by atoms with Gasteiger partial charge in [0, 0.05) is 19.0 Å². The Hall–Kier alpha value is -2.18. The summed E-state index contributed by atoms with van der Waals surface area (Å²) in [6.45, 7) is 0.238. The quantitative estimate of drug-likeness (QED) is 0.658. The van der Waals surface area contributed by atoms with Crippen LogP contribution < -0.4 is 0 Å². The summed E-state index contributed by atoms with van der Waals surface area (Å²) in [7, 11) is 3.47. The summed E-state index contributed by atoms with van der Waals surface area (Å²) in [5, 5.41) is 12.4. The molecule has 0 aliphatic heterocycles. The molecule has 2 aromatic rings. The zero-order chi connectivity index (χ0) is 15.4. The minimum Gasteiger partial charge on any atom is -0.477 e. The van der Waals surface area contributed by atoms with Crippen LogP contribution in [0.25, 0.3) is 10.4 Å². The van der Waals surface area contributed by atoms with Crippen LogP contribution in [0.1, 0.15) is 15.2 Å². The van der Waals surface area contributed by atoms with Crippen molar-refractivity contribution in [3.05, 3.63) is 46.8 Å². The summed E-state index contributed by atoms with van der Waals surface area (Å²) >= 11 is 1.22. The maximum atomic E-state index is 11.4. The Bertz CT molecular complexity index is 638. The first kappa shape index (κ1) is 15.2. The van der Waals surface area contributed by atoms with Gasteiger partial charge in [0.2, 0.25) is 6.41 Å². The predicted octanol–water partition coefficient (Wildman–Crippen LogP) is 2.55. The molecule has 1 aromatic carbocycles. The third-order valence-corrected chi connectivity index (χ3v) is 4.24. The lowest BCUT2D eigenvalue weighted by molar-refractivity contribution is -0.131. The lowest BCUT2D eigenvalue weighted by Gasteiger charge is -2.24. The number of carboxylic acid groups (broad SMARTS) is 1. The van der Waals surface area contributed by atoms with Crippen LogP contribution >= 0.6 is 11.3 Å². The van der Waals surface area contributed by atoms with Crippen LogP contribution in [-0.4, -0.2) is 41.6 Å². The topological polar surface area (TPSA) is 60.9 Å². The highest BCUT2D eigenvalue weighted by Gasteiger charge is 2.18. The largest absolute Gasteiger partial charge is 0.477 e. The van der Waals surface area contributed by atoms with Gasteiger partial charge in [0.1, 0.15) is 4.88 Å². The van der Waals surface area contributed by atoms with Gasteiger partial charge in [-0.05, 0) is 17.2 Å². The molecule has 0 bridgehead atoms. The molecule has 0 fully saturated rings. The molecular formula is C15H16N2O3S. The summed E-state index contributed by atoms with van der Waals surface area (Å²) < 4.78 is 0. The summed E-state index contributed by atoms with van der Waals surface area (Å²) in [5.74, 6) is -0.971. The molecule has 1 heterocycles. The first-order valence-corrected chi connectivity index (χ1v) is 7.15. The number of benzene rings is 1. The Morgan fingerprint density at radius 1 is 1.29 bits per heavy atom. The second kappa shape index (κ2) is 6.51. The standard InChI is InChI=1S/C15H16N2O3S/c1-16(2)17(10-18)9-12-8-13(21-14(12)15(19)20)11-6-4-3-5-7-11/h3-8,10H,9H2,1-2H3,(H,19,20). The van der Waals surface area contributed by atoms with E-state index in [-0.39, 0.29) is 11.4 Å². The van der Waals surface area contributed by atoms with Crippen LogP contribution in [0.3, 0.4) is 0 Å². The first-order chi connectivity index (χ1) is 10.0. The van der Waals surface area contributed by atoms with E-state index in [1.807, 2.05) is 36.4 Å². The van der Waals surface area contributed by atoms with E-state index in [0.29, 0.717) is 12.0 Å². The molecule has 0 saturated carbocycles. The van der Waals surface area contributed by atoms with Crippen LogP contribution in [-0.2, 0) is 11.3 Å². The van der Waals surface area contributed by atoms with Gasteiger partial charge in [-0.25, -0.2) is 9.80 Å². The van der Waals surface area contributed by atoms with Gasteiger partial charge >= 0.3 is 5.97 Å². The van der Waals surface area contributed by atoms with E-state index in [9.17, 15) is 14.7 Å². The van der Waals surface area contributed by atoms with E-state index < -0.39 is 5.97 Å². The number of hydrogen-bond acceptors (Lipinski definition) is 4. The van der Waals surface area contributed by atoms with Gasteiger partial charge in [0.05, 0.1) is 6.54 Å². The summed E-state index contributed by atoms with van der Waals surface area (Å²) in [6.07, 6.45) is 0.686. The lowest BCUT2D eigenvalue weighted by Crippen LogP contribution is -2.35. The molecule has 6 heteroatoms. The molecule has 0 radical (unpaired) electrons. The van der Waals surface area contributed by atoms with Gasteiger partial charge in [-0.2, -0.15) is 0 Å². The van der Waals surface area contributed by atoms with Gasteiger partial charge in [-0.3, -0.25) is 9.80 Å². The van der Waals surface area contributed by atoms with Crippen LogP contribution in [0.5, 0.6) is 0 Å².